The lowest BCUT2D eigenvalue weighted by molar-refractivity contribution is -0.118. The van der Waals surface area contributed by atoms with Gasteiger partial charge >= 0.3 is 0 Å². The van der Waals surface area contributed by atoms with Crippen LogP contribution in [0.5, 0.6) is 0 Å². The van der Waals surface area contributed by atoms with Gasteiger partial charge in [-0.3, -0.25) is 10.1 Å². The number of benzene rings is 3. The Bertz CT molecular complexity index is 1070. The van der Waals surface area contributed by atoms with Gasteiger partial charge in [-0.15, -0.1) is 0 Å². The van der Waals surface area contributed by atoms with Gasteiger partial charge in [-0.2, -0.15) is 0 Å². The molecule has 3 aromatic carbocycles. The Hall–Kier alpha value is -3.70. The molecule has 2 N–H and O–H groups in total. The molecule has 150 valence electrons. The van der Waals surface area contributed by atoms with Crippen LogP contribution in [0.2, 0.25) is 0 Å². The summed E-state index contributed by atoms with van der Waals surface area (Å²) in [6, 6.07) is 27.7. The predicted molar refractivity (Wildman–Crippen MR) is 114 cm³/mol. The molecule has 1 aromatic heterocycles. The van der Waals surface area contributed by atoms with E-state index >= 15 is 0 Å². The highest BCUT2D eigenvalue weighted by Gasteiger charge is 2.27. The summed E-state index contributed by atoms with van der Waals surface area (Å²) in [6.45, 7) is 0. The second kappa shape index (κ2) is 9.20. The molecule has 1 amide bonds. The number of hydrogen-bond donors (Lipinski definition) is 2. The van der Waals surface area contributed by atoms with Gasteiger partial charge in [0.25, 0.3) is 0 Å². The van der Waals surface area contributed by atoms with Crippen molar-refractivity contribution in [2.45, 2.75) is 12.1 Å². The van der Waals surface area contributed by atoms with Gasteiger partial charge in [0, 0.05) is 5.69 Å². The Morgan fingerprint density at radius 1 is 0.767 bits per heavy atom. The lowest BCUT2D eigenvalue weighted by Crippen LogP contribution is -2.36. The average Bonchev–Trinajstić information content (AvgIpc) is 3.32. The van der Waals surface area contributed by atoms with Crippen molar-refractivity contribution in [2.24, 2.45) is 0 Å². The van der Waals surface area contributed by atoms with Crippen LogP contribution in [0, 0.1) is 5.82 Å². The molecule has 0 unspecified atom stereocenters. The molecule has 30 heavy (non-hydrogen) atoms. The highest BCUT2D eigenvalue weighted by Crippen LogP contribution is 2.27. The minimum atomic E-state index is -0.661. The van der Waals surface area contributed by atoms with Gasteiger partial charge in [0.15, 0.2) is 0 Å². The van der Waals surface area contributed by atoms with E-state index in [1.165, 1.54) is 24.3 Å². The SMILES string of the molecule is O=C(Nc1ccc(F)cc1)[C@H](N[C@H](c1ccccc1)c1ccco1)c1ccccc1. The fourth-order valence-electron chi connectivity index (χ4n) is 3.33. The Balaban J connectivity index is 1.66. The Labute approximate surface area is 174 Å². The van der Waals surface area contributed by atoms with Crippen molar-refractivity contribution in [3.8, 4) is 0 Å². The van der Waals surface area contributed by atoms with Crippen molar-refractivity contribution < 1.29 is 13.6 Å². The number of hydrogen-bond acceptors (Lipinski definition) is 3. The Morgan fingerprint density at radius 3 is 2.00 bits per heavy atom. The number of rotatable bonds is 7. The van der Waals surface area contributed by atoms with Crippen LogP contribution < -0.4 is 10.6 Å². The van der Waals surface area contributed by atoms with E-state index in [2.05, 4.69) is 10.6 Å². The number of furan rings is 1. The molecule has 4 aromatic rings. The lowest BCUT2D eigenvalue weighted by Gasteiger charge is -2.25. The van der Waals surface area contributed by atoms with E-state index in [1.54, 1.807) is 6.26 Å². The zero-order chi connectivity index (χ0) is 20.8. The molecule has 0 saturated heterocycles. The molecular weight excluding hydrogens is 379 g/mol. The smallest absolute Gasteiger partial charge is 0.246 e. The molecule has 0 saturated carbocycles. The van der Waals surface area contributed by atoms with E-state index in [9.17, 15) is 9.18 Å². The van der Waals surface area contributed by atoms with Gasteiger partial charge in [-0.25, -0.2) is 4.39 Å². The third-order valence-electron chi connectivity index (χ3n) is 4.80. The lowest BCUT2D eigenvalue weighted by atomic mass is 10.00. The number of carbonyl (C=O) groups excluding carboxylic acids is 1. The Kier molecular flexibility index (Phi) is 6.01. The number of carbonyl (C=O) groups is 1. The monoisotopic (exact) mass is 400 g/mol. The van der Waals surface area contributed by atoms with Crippen LogP contribution in [0.4, 0.5) is 10.1 Å². The first-order valence-electron chi connectivity index (χ1n) is 9.66. The zero-order valence-electron chi connectivity index (χ0n) is 16.2. The fourth-order valence-corrected chi connectivity index (χ4v) is 3.33. The van der Waals surface area contributed by atoms with Crippen molar-refractivity contribution in [3.05, 3.63) is 126 Å². The molecule has 0 bridgehead atoms. The summed E-state index contributed by atoms with van der Waals surface area (Å²) in [5.74, 6) is 0.102. The van der Waals surface area contributed by atoms with E-state index in [-0.39, 0.29) is 17.8 Å². The summed E-state index contributed by atoms with van der Waals surface area (Å²) in [5, 5.41) is 6.31. The van der Waals surface area contributed by atoms with Crippen molar-refractivity contribution in [2.75, 3.05) is 5.32 Å². The third kappa shape index (κ3) is 4.64. The summed E-state index contributed by atoms with van der Waals surface area (Å²) >= 11 is 0. The van der Waals surface area contributed by atoms with Crippen LogP contribution in [0.3, 0.4) is 0 Å². The summed E-state index contributed by atoms with van der Waals surface area (Å²) in [6.07, 6.45) is 1.61. The first kappa shape index (κ1) is 19.6. The molecular formula is C25H21FN2O2. The minimum Gasteiger partial charge on any atom is -0.467 e. The molecule has 4 rings (SSSR count). The molecule has 4 nitrogen and oxygen atoms in total. The van der Waals surface area contributed by atoms with E-state index in [0.717, 1.165) is 11.1 Å². The van der Waals surface area contributed by atoms with Crippen molar-refractivity contribution in [1.29, 1.82) is 0 Å². The second-order valence-corrected chi connectivity index (χ2v) is 6.87. The van der Waals surface area contributed by atoms with Crippen molar-refractivity contribution in [3.63, 3.8) is 0 Å². The van der Waals surface area contributed by atoms with Crippen LogP contribution in [-0.4, -0.2) is 5.91 Å². The molecule has 0 spiro atoms. The van der Waals surface area contributed by atoms with E-state index in [0.29, 0.717) is 11.4 Å². The first-order chi connectivity index (χ1) is 14.7. The van der Waals surface area contributed by atoms with E-state index in [1.807, 2.05) is 72.8 Å². The van der Waals surface area contributed by atoms with Gasteiger partial charge in [0.1, 0.15) is 17.6 Å². The molecule has 1 heterocycles. The maximum atomic E-state index is 13.2. The van der Waals surface area contributed by atoms with Gasteiger partial charge in [-0.05, 0) is 47.5 Å². The molecule has 2 atom stereocenters. The second-order valence-electron chi connectivity index (χ2n) is 6.87. The maximum Gasteiger partial charge on any atom is 0.246 e. The number of amides is 1. The molecule has 0 aliphatic heterocycles. The molecule has 0 aliphatic rings. The van der Waals surface area contributed by atoms with Gasteiger partial charge in [0.05, 0.1) is 12.3 Å². The van der Waals surface area contributed by atoms with Crippen LogP contribution in [-0.2, 0) is 4.79 Å². The van der Waals surface area contributed by atoms with Gasteiger partial charge < -0.3 is 9.73 Å². The summed E-state index contributed by atoms with van der Waals surface area (Å²) in [4.78, 5) is 13.2. The van der Waals surface area contributed by atoms with Crippen molar-refractivity contribution >= 4 is 11.6 Å². The highest BCUT2D eigenvalue weighted by molar-refractivity contribution is 5.95. The van der Waals surface area contributed by atoms with Crippen molar-refractivity contribution in [1.82, 2.24) is 5.32 Å². The number of halogens is 1. The molecule has 0 radical (unpaired) electrons. The third-order valence-corrected chi connectivity index (χ3v) is 4.80. The normalized spacial score (nSPS) is 12.8. The summed E-state index contributed by atoms with van der Waals surface area (Å²) in [5.41, 5.74) is 2.31. The number of nitrogens with one attached hydrogen (secondary N) is 2. The molecule has 5 heteroatoms. The van der Waals surface area contributed by atoms with Crippen LogP contribution in [0.15, 0.2) is 108 Å². The molecule has 0 fully saturated rings. The van der Waals surface area contributed by atoms with Crippen LogP contribution in [0.1, 0.15) is 29.0 Å². The predicted octanol–water partition coefficient (Wildman–Crippen LogP) is 5.48. The number of anilines is 1. The van der Waals surface area contributed by atoms with Gasteiger partial charge in [-0.1, -0.05) is 60.7 Å². The summed E-state index contributed by atoms with van der Waals surface area (Å²) < 4.78 is 18.9. The quantitative estimate of drug-likeness (QED) is 0.432. The largest absolute Gasteiger partial charge is 0.467 e. The first-order valence-corrected chi connectivity index (χ1v) is 9.66. The summed E-state index contributed by atoms with van der Waals surface area (Å²) in [7, 11) is 0. The maximum absolute atomic E-state index is 13.2. The topological polar surface area (TPSA) is 54.3 Å². The zero-order valence-corrected chi connectivity index (χ0v) is 16.2. The highest BCUT2D eigenvalue weighted by atomic mass is 19.1. The fraction of sp³-hybridized carbons (Fsp3) is 0.0800. The average molecular weight is 400 g/mol. The van der Waals surface area contributed by atoms with Crippen LogP contribution in [0.25, 0.3) is 0 Å². The van der Waals surface area contributed by atoms with E-state index < -0.39 is 6.04 Å². The minimum absolute atomic E-state index is 0.250. The molecule has 0 aliphatic carbocycles. The Morgan fingerprint density at radius 2 is 1.40 bits per heavy atom. The van der Waals surface area contributed by atoms with Gasteiger partial charge in [0.2, 0.25) is 5.91 Å². The standard InChI is InChI=1S/C25H21FN2O2/c26-20-13-15-21(16-14-20)27-25(29)24(19-10-5-2-6-11-19)28-23(22-12-7-17-30-22)18-8-3-1-4-9-18/h1-17,23-24,28H,(H,27,29)/t23-,24-/m1/s1. The van der Waals surface area contributed by atoms with E-state index in [4.69, 9.17) is 4.42 Å². The van der Waals surface area contributed by atoms with Crippen LogP contribution >= 0.6 is 0 Å².